The fraction of sp³-hybridized carbons (Fsp3) is 0.379. The molecule has 3 rings (SSSR count). The maximum absolute atomic E-state index is 13.8. The highest BCUT2D eigenvalue weighted by molar-refractivity contribution is 6.06. The average molecular weight is 511 g/mol. The van der Waals surface area contributed by atoms with Crippen molar-refractivity contribution in [1.82, 2.24) is 4.57 Å². The Labute approximate surface area is 216 Å². The minimum absolute atomic E-state index is 0.0366. The summed E-state index contributed by atoms with van der Waals surface area (Å²) < 4.78 is 15.7. The molecule has 3 aromatic rings. The smallest absolute Gasteiger partial charge is 0.305 e. The first-order chi connectivity index (χ1) is 17.6. The highest BCUT2D eigenvalue weighted by Crippen LogP contribution is 2.39. The molecule has 0 radical (unpaired) electrons. The van der Waals surface area contributed by atoms with Crippen molar-refractivity contribution in [3.05, 3.63) is 77.4 Å². The summed E-state index contributed by atoms with van der Waals surface area (Å²) in [6, 6.07) is 15.3. The lowest BCUT2D eigenvalue weighted by molar-refractivity contribution is -0.139. The first-order valence-corrected chi connectivity index (χ1v) is 12.6. The van der Waals surface area contributed by atoms with Crippen molar-refractivity contribution in [2.45, 2.75) is 71.1 Å². The first kappa shape index (κ1) is 28.1. The molecule has 37 heavy (non-hydrogen) atoms. The summed E-state index contributed by atoms with van der Waals surface area (Å²) in [5.41, 5.74) is 4.42. The van der Waals surface area contributed by atoms with E-state index in [1.54, 1.807) is 12.1 Å². The van der Waals surface area contributed by atoms with Crippen molar-refractivity contribution < 1.29 is 29.3 Å². The van der Waals surface area contributed by atoms with Crippen LogP contribution in [0.3, 0.4) is 0 Å². The van der Waals surface area contributed by atoms with Gasteiger partial charge in [-0.05, 0) is 67.5 Å². The summed E-state index contributed by atoms with van der Waals surface area (Å²) in [7, 11) is 0. The highest BCUT2D eigenvalue weighted by atomic mass is 19.1. The Hall–Kier alpha value is -3.49. The number of nitrogens with zero attached hydrogens (tertiary/aromatic N) is 1. The summed E-state index contributed by atoms with van der Waals surface area (Å²) in [6.07, 6.45) is -1.96. The van der Waals surface area contributed by atoms with Crippen molar-refractivity contribution in [3.63, 3.8) is 0 Å². The number of para-hydroxylation sites is 1. The quantitative estimate of drug-likeness (QED) is 0.267. The second kappa shape index (κ2) is 12.7. The van der Waals surface area contributed by atoms with Gasteiger partial charge in [-0.25, -0.2) is 4.39 Å². The van der Waals surface area contributed by atoms with Gasteiger partial charge in [0.25, 0.3) is 5.91 Å². The van der Waals surface area contributed by atoms with E-state index in [0.29, 0.717) is 24.3 Å². The third kappa shape index (κ3) is 7.05. The molecule has 0 bridgehead atoms. The van der Waals surface area contributed by atoms with Crippen molar-refractivity contribution in [2.75, 3.05) is 5.32 Å². The second-order valence-electron chi connectivity index (χ2n) is 9.49. The number of amides is 1. The van der Waals surface area contributed by atoms with Crippen molar-refractivity contribution in [3.8, 4) is 11.1 Å². The van der Waals surface area contributed by atoms with Crippen LogP contribution in [-0.4, -0.2) is 44.0 Å². The van der Waals surface area contributed by atoms with Crippen LogP contribution >= 0.6 is 0 Å². The van der Waals surface area contributed by atoms with Crippen LogP contribution in [0.4, 0.5) is 10.1 Å². The molecule has 0 aliphatic heterocycles. The molecule has 198 valence electrons. The zero-order chi connectivity index (χ0) is 27.1. The van der Waals surface area contributed by atoms with Gasteiger partial charge in [0.05, 0.1) is 18.6 Å². The standard InChI is InChI=1S/C29H35FN2O5/c1-4-32-24(15-14-22(33)16-23(34)17-25(35)36)27(19-10-12-20(30)13-11-19)26(18(2)3)28(32)29(37)31-21-8-6-5-7-9-21/h5-13,18,22-23,33-34H,4,14-17H2,1-3H3,(H,31,37)(H,35,36). The minimum atomic E-state index is -1.15. The number of carbonyl (C=O) groups excluding carboxylic acids is 1. The van der Waals surface area contributed by atoms with Crippen LogP contribution in [0, 0.1) is 5.82 Å². The van der Waals surface area contributed by atoms with Crippen LogP contribution in [0.1, 0.15) is 67.7 Å². The lowest BCUT2D eigenvalue weighted by Crippen LogP contribution is -2.22. The van der Waals surface area contributed by atoms with Crippen LogP contribution in [-0.2, 0) is 17.8 Å². The van der Waals surface area contributed by atoms with E-state index in [1.165, 1.54) is 12.1 Å². The number of halogens is 1. The number of aliphatic carboxylic acids is 1. The van der Waals surface area contributed by atoms with E-state index in [0.717, 1.165) is 22.4 Å². The van der Waals surface area contributed by atoms with E-state index >= 15 is 0 Å². The van der Waals surface area contributed by atoms with Gasteiger partial charge < -0.3 is 25.2 Å². The Balaban J connectivity index is 2.07. The monoisotopic (exact) mass is 510 g/mol. The number of hydrogen-bond donors (Lipinski definition) is 4. The van der Waals surface area contributed by atoms with E-state index < -0.39 is 24.6 Å². The van der Waals surface area contributed by atoms with E-state index in [9.17, 15) is 24.2 Å². The highest BCUT2D eigenvalue weighted by Gasteiger charge is 2.29. The van der Waals surface area contributed by atoms with Gasteiger partial charge in [0.1, 0.15) is 11.5 Å². The molecule has 0 fully saturated rings. The third-order valence-electron chi connectivity index (χ3n) is 6.35. The Kier molecular flexibility index (Phi) is 9.60. The molecule has 0 spiro atoms. The average Bonchev–Trinajstić information content (AvgIpc) is 3.18. The minimum Gasteiger partial charge on any atom is -0.481 e. The summed E-state index contributed by atoms with van der Waals surface area (Å²) in [5.74, 6) is -1.79. The van der Waals surface area contributed by atoms with Gasteiger partial charge in [-0.2, -0.15) is 0 Å². The molecule has 2 atom stereocenters. The van der Waals surface area contributed by atoms with Crippen LogP contribution in [0.15, 0.2) is 54.6 Å². The summed E-state index contributed by atoms with van der Waals surface area (Å²) in [4.78, 5) is 24.5. The number of anilines is 1. The second-order valence-corrected chi connectivity index (χ2v) is 9.49. The van der Waals surface area contributed by atoms with E-state index in [2.05, 4.69) is 5.32 Å². The maximum Gasteiger partial charge on any atom is 0.305 e. The number of benzene rings is 2. The topological polar surface area (TPSA) is 112 Å². The molecular formula is C29H35FN2O5. The van der Waals surface area contributed by atoms with Gasteiger partial charge in [-0.3, -0.25) is 9.59 Å². The zero-order valence-electron chi connectivity index (χ0n) is 21.4. The summed E-state index contributed by atoms with van der Waals surface area (Å²) >= 11 is 0. The van der Waals surface area contributed by atoms with Gasteiger partial charge in [-0.15, -0.1) is 0 Å². The van der Waals surface area contributed by atoms with Crippen LogP contribution in [0.25, 0.3) is 11.1 Å². The fourth-order valence-corrected chi connectivity index (χ4v) is 4.78. The Morgan fingerprint density at radius 2 is 1.65 bits per heavy atom. The van der Waals surface area contributed by atoms with E-state index in [-0.39, 0.29) is 30.5 Å². The van der Waals surface area contributed by atoms with Crippen LogP contribution in [0.2, 0.25) is 0 Å². The molecule has 2 unspecified atom stereocenters. The van der Waals surface area contributed by atoms with Gasteiger partial charge in [-0.1, -0.05) is 44.2 Å². The number of aliphatic hydroxyl groups excluding tert-OH is 2. The predicted octanol–water partition coefficient (Wildman–Crippen LogP) is 5.21. The largest absolute Gasteiger partial charge is 0.481 e. The SMILES string of the molecule is CCn1c(CCC(O)CC(O)CC(=O)O)c(-c2ccc(F)cc2)c(C(C)C)c1C(=O)Nc1ccccc1. The first-order valence-electron chi connectivity index (χ1n) is 12.6. The molecule has 0 aliphatic rings. The lowest BCUT2D eigenvalue weighted by Gasteiger charge is -2.17. The summed E-state index contributed by atoms with van der Waals surface area (Å²) in [6.45, 7) is 6.44. The van der Waals surface area contributed by atoms with Gasteiger partial charge in [0.2, 0.25) is 0 Å². The zero-order valence-corrected chi connectivity index (χ0v) is 21.4. The predicted molar refractivity (Wildman–Crippen MR) is 141 cm³/mol. The Morgan fingerprint density at radius 1 is 1.00 bits per heavy atom. The maximum atomic E-state index is 13.8. The molecular weight excluding hydrogens is 475 g/mol. The number of hydrogen-bond acceptors (Lipinski definition) is 4. The number of aromatic nitrogens is 1. The van der Waals surface area contributed by atoms with Crippen LogP contribution < -0.4 is 5.32 Å². The van der Waals surface area contributed by atoms with Gasteiger partial charge in [0.15, 0.2) is 0 Å². The molecule has 0 aliphatic carbocycles. The third-order valence-corrected chi connectivity index (χ3v) is 6.35. The van der Waals surface area contributed by atoms with Gasteiger partial charge >= 0.3 is 5.97 Å². The molecule has 1 heterocycles. The summed E-state index contributed by atoms with van der Waals surface area (Å²) in [5, 5.41) is 32.4. The molecule has 7 nitrogen and oxygen atoms in total. The Morgan fingerprint density at radius 3 is 2.22 bits per heavy atom. The fourth-order valence-electron chi connectivity index (χ4n) is 4.78. The molecule has 4 N–H and O–H groups in total. The molecule has 1 aromatic heterocycles. The molecule has 2 aromatic carbocycles. The molecule has 0 saturated carbocycles. The van der Waals surface area contributed by atoms with Crippen molar-refractivity contribution in [1.29, 1.82) is 0 Å². The number of carboxylic acids is 1. The Bertz CT molecular complexity index is 1210. The van der Waals surface area contributed by atoms with E-state index in [4.69, 9.17) is 5.11 Å². The van der Waals surface area contributed by atoms with E-state index in [1.807, 2.05) is 55.7 Å². The number of carboxylic acid groups (broad SMARTS) is 1. The van der Waals surface area contributed by atoms with Gasteiger partial charge in [0, 0.05) is 23.5 Å². The van der Waals surface area contributed by atoms with Crippen molar-refractivity contribution in [2.24, 2.45) is 0 Å². The molecule has 1 amide bonds. The van der Waals surface area contributed by atoms with Crippen molar-refractivity contribution >= 4 is 17.6 Å². The number of aliphatic hydroxyl groups is 2. The normalized spacial score (nSPS) is 12.9. The molecule has 8 heteroatoms. The number of rotatable bonds is 12. The number of nitrogens with one attached hydrogen (secondary N) is 1. The molecule has 0 saturated heterocycles. The lowest BCUT2D eigenvalue weighted by atomic mass is 9.91. The van der Waals surface area contributed by atoms with Crippen LogP contribution in [0.5, 0.6) is 0 Å². The number of carbonyl (C=O) groups is 2.